The number of benzene rings is 1. The summed E-state index contributed by atoms with van der Waals surface area (Å²) in [5, 5.41) is 20.5. The number of nitriles is 1. The van der Waals surface area contributed by atoms with Crippen molar-refractivity contribution in [2.24, 2.45) is 0 Å². The highest BCUT2D eigenvalue weighted by molar-refractivity contribution is 5.95. The maximum atomic E-state index is 14.1. The van der Waals surface area contributed by atoms with Gasteiger partial charge in [-0.05, 0) is 25.1 Å². The zero-order chi connectivity index (χ0) is 22.1. The number of anilines is 1. The van der Waals surface area contributed by atoms with Gasteiger partial charge in [-0.2, -0.15) is 10.2 Å². The lowest BCUT2D eigenvalue weighted by Gasteiger charge is -2.34. The van der Waals surface area contributed by atoms with Crippen LogP contribution in [0.1, 0.15) is 21.6 Å². The number of carbonyl (C=O) groups is 1. The molecule has 0 atom stereocenters. The predicted molar refractivity (Wildman–Crippen MR) is 105 cm³/mol. The molecule has 1 aliphatic rings. The molecule has 10 nitrogen and oxygen atoms in total. The summed E-state index contributed by atoms with van der Waals surface area (Å²) >= 11 is 0. The zero-order valence-corrected chi connectivity index (χ0v) is 16.4. The van der Waals surface area contributed by atoms with Crippen molar-refractivity contribution in [1.29, 1.82) is 5.26 Å². The molecule has 1 fully saturated rings. The molecule has 1 aliphatic heterocycles. The number of nitro benzene ring substituents is 1. The Morgan fingerprint density at radius 2 is 2.06 bits per heavy atom. The van der Waals surface area contributed by atoms with Crippen LogP contribution in [0.2, 0.25) is 0 Å². The number of hydrogen-bond acceptors (Lipinski definition) is 8. The lowest BCUT2D eigenvalue weighted by Crippen LogP contribution is -2.49. The Balaban J connectivity index is 1.50. The molecule has 3 aromatic rings. The van der Waals surface area contributed by atoms with Gasteiger partial charge < -0.3 is 18.6 Å². The highest BCUT2D eigenvalue weighted by Crippen LogP contribution is 2.29. The van der Waals surface area contributed by atoms with Crippen LogP contribution >= 0.6 is 0 Å². The quantitative estimate of drug-likeness (QED) is 0.460. The van der Waals surface area contributed by atoms with Gasteiger partial charge in [0.1, 0.15) is 11.9 Å². The van der Waals surface area contributed by atoms with E-state index in [1.807, 2.05) is 6.07 Å². The van der Waals surface area contributed by atoms with Crippen LogP contribution in [-0.2, 0) is 0 Å². The van der Waals surface area contributed by atoms with Crippen LogP contribution in [0.4, 0.5) is 16.0 Å². The summed E-state index contributed by atoms with van der Waals surface area (Å²) in [6.45, 7) is 2.47. The van der Waals surface area contributed by atoms with Crippen LogP contribution in [0.5, 0.6) is 0 Å². The fourth-order valence-corrected chi connectivity index (χ4v) is 3.38. The maximum absolute atomic E-state index is 14.1. The Bertz CT molecular complexity index is 1190. The van der Waals surface area contributed by atoms with Crippen molar-refractivity contribution in [3.05, 3.63) is 63.3 Å². The standard InChI is InChI=1S/C20H16FN5O5/c1-12-14(21)9-13(10-16(12)26(28)29)19(27)24-4-6-25(7-5-24)20-15(11-22)23-18(31-20)17-3-2-8-30-17/h2-3,8-10H,4-7H2,1H3. The summed E-state index contributed by atoms with van der Waals surface area (Å²) in [5.74, 6) is -0.465. The van der Waals surface area contributed by atoms with E-state index < -0.39 is 22.3 Å². The van der Waals surface area contributed by atoms with Crippen molar-refractivity contribution in [2.75, 3.05) is 31.1 Å². The molecule has 11 heteroatoms. The average molecular weight is 425 g/mol. The van der Waals surface area contributed by atoms with E-state index in [1.54, 1.807) is 17.0 Å². The van der Waals surface area contributed by atoms with Crippen LogP contribution in [0.3, 0.4) is 0 Å². The number of oxazole rings is 1. The molecule has 0 radical (unpaired) electrons. The van der Waals surface area contributed by atoms with Crippen LogP contribution in [0.15, 0.2) is 39.4 Å². The van der Waals surface area contributed by atoms with Crippen molar-refractivity contribution in [2.45, 2.75) is 6.92 Å². The summed E-state index contributed by atoms with van der Waals surface area (Å²) in [7, 11) is 0. The van der Waals surface area contributed by atoms with Gasteiger partial charge >= 0.3 is 0 Å². The summed E-state index contributed by atoms with van der Waals surface area (Å²) in [6.07, 6.45) is 1.47. The second-order valence-electron chi connectivity index (χ2n) is 6.90. The third-order valence-corrected chi connectivity index (χ3v) is 5.06. The molecule has 0 unspecified atom stereocenters. The largest absolute Gasteiger partial charge is 0.459 e. The Morgan fingerprint density at radius 1 is 1.32 bits per heavy atom. The third-order valence-electron chi connectivity index (χ3n) is 5.06. The first-order valence-corrected chi connectivity index (χ1v) is 9.32. The van der Waals surface area contributed by atoms with E-state index in [0.29, 0.717) is 18.8 Å². The minimum Gasteiger partial charge on any atom is -0.459 e. The second kappa shape index (κ2) is 7.91. The number of furan rings is 1. The Kier molecular flexibility index (Phi) is 5.12. The number of rotatable bonds is 4. The molecule has 31 heavy (non-hydrogen) atoms. The first-order valence-electron chi connectivity index (χ1n) is 9.32. The van der Waals surface area contributed by atoms with E-state index in [1.165, 1.54) is 18.1 Å². The first kappa shape index (κ1) is 20.1. The molecule has 2 aromatic heterocycles. The molecule has 1 aromatic carbocycles. The molecular formula is C20H16FN5O5. The number of piperazine rings is 1. The molecule has 3 heterocycles. The summed E-state index contributed by atoms with van der Waals surface area (Å²) in [4.78, 5) is 30.6. The normalized spacial score (nSPS) is 13.8. The number of nitro groups is 1. The first-order chi connectivity index (χ1) is 14.9. The number of carbonyl (C=O) groups excluding carboxylic acids is 1. The van der Waals surface area contributed by atoms with Gasteiger partial charge in [-0.1, -0.05) is 0 Å². The van der Waals surface area contributed by atoms with Crippen LogP contribution in [-0.4, -0.2) is 46.9 Å². The smallest absolute Gasteiger partial charge is 0.276 e. The van der Waals surface area contributed by atoms with Gasteiger partial charge in [0.25, 0.3) is 17.5 Å². The van der Waals surface area contributed by atoms with Crippen molar-refractivity contribution in [1.82, 2.24) is 9.88 Å². The van der Waals surface area contributed by atoms with E-state index in [0.717, 1.165) is 12.1 Å². The number of nitrogens with zero attached hydrogens (tertiary/aromatic N) is 5. The molecule has 0 bridgehead atoms. The number of halogens is 1. The van der Waals surface area contributed by atoms with E-state index in [2.05, 4.69) is 4.98 Å². The average Bonchev–Trinajstić information content (AvgIpc) is 3.44. The zero-order valence-electron chi connectivity index (χ0n) is 16.4. The van der Waals surface area contributed by atoms with E-state index in [9.17, 15) is 24.6 Å². The fourth-order valence-electron chi connectivity index (χ4n) is 3.38. The van der Waals surface area contributed by atoms with Gasteiger partial charge in [0.05, 0.1) is 16.7 Å². The van der Waals surface area contributed by atoms with Crippen molar-refractivity contribution in [3.8, 4) is 17.7 Å². The topological polar surface area (TPSA) is 130 Å². The fraction of sp³-hybridized carbons (Fsp3) is 0.250. The molecule has 0 aliphatic carbocycles. The number of aromatic nitrogens is 1. The van der Waals surface area contributed by atoms with Crippen molar-refractivity contribution >= 4 is 17.5 Å². The molecule has 158 valence electrons. The molecule has 1 amide bonds. The van der Waals surface area contributed by atoms with Crippen LogP contribution in [0, 0.1) is 34.2 Å². The molecule has 0 N–H and O–H groups in total. The monoisotopic (exact) mass is 425 g/mol. The lowest BCUT2D eigenvalue weighted by atomic mass is 10.1. The Labute approximate surface area is 175 Å². The number of hydrogen-bond donors (Lipinski definition) is 0. The Hall–Kier alpha value is -4.20. The van der Waals surface area contributed by atoms with Crippen molar-refractivity contribution < 1.29 is 22.9 Å². The second-order valence-corrected chi connectivity index (χ2v) is 6.90. The van der Waals surface area contributed by atoms with E-state index in [-0.39, 0.29) is 41.7 Å². The van der Waals surface area contributed by atoms with Gasteiger partial charge in [-0.25, -0.2) is 4.39 Å². The van der Waals surface area contributed by atoms with Gasteiger partial charge in [-0.15, -0.1) is 0 Å². The lowest BCUT2D eigenvalue weighted by molar-refractivity contribution is -0.385. The molecule has 4 rings (SSSR count). The minimum atomic E-state index is -0.804. The van der Waals surface area contributed by atoms with Gasteiger partial charge in [0.2, 0.25) is 11.6 Å². The van der Waals surface area contributed by atoms with Gasteiger partial charge in [0, 0.05) is 37.8 Å². The summed E-state index contributed by atoms with van der Waals surface area (Å²) < 4.78 is 25.0. The third kappa shape index (κ3) is 3.71. The van der Waals surface area contributed by atoms with Gasteiger partial charge in [-0.3, -0.25) is 14.9 Å². The van der Waals surface area contributed by atoms with Crippen molar-refractivity contribution in [3.63, 3.8) is 0 Å². The maximum Gasteiger partial charge on any atom is 0.276 e. The predicted octanol–water partition coefficient (Wildman–Crippen LogP) is 3.12. The SMILES string of the molecule is Cc1c(F)cc(C(=O)N2CCN(c3oc(-c4ccco4)nc3C#N)CC2)cc1[N+](=O)[O-]. The number of amides is 1. The van der Waals surface area contributed by atoms with E-state index >= 15 is 0 Å². The highest BCUT2D eigenvalue weighted by Gasteiger charge is 2.29. The van der Waals surface area contributed by atoms with E-state index in [4.69, 9.17) is 8.83 Å². The molecule has 1 saturated heterocycles. The molecule has 0 saturated carbocycles. The minimum absolute atomic E-state index is 0.0827. The Morgan fingerprint density at radius 3 is 2.68 bits per heavy atom. The summed E-state index contributed by atoms with van der Waals surface area (Å²) in [5.41, 5.74) is -0.538. The van der Waals surface area contributed by atoms with Crippen LogP contribution in [0.25, 0.3) is 11.7 Å². The molecular weight excluding hydrogens is 409 g/mol. The van der Waals surface area contributed by atoms with Crippen LogP contribution < -0.4 is 4.90 Å². The summed E-state index contributed by atoms with van der Waals surface area (Å²) in [6, 6.07) is 7.42. The molecule has 0 spiro atoms. The highest BCUT2D eigenvalue weighted by atomic mass is 19.1. The van der Waals surface area contributed by atoms with Gasteiger partial charge in [0.15, 0.2) is 5.76 Å².